The maximum absolute atomic E-state index is 12.8. The molecule has 2 atom stereocenters. The number of amides is 1. The van der Waals surface area contributed by atoms with E-state index in [0.29, 0.717) is 30.3 Å². The zero-order valence-electron chi connectivity index (χ0n) is 22.7. The quantitative estimate of drug-likeness (QED) is 0.331. The SMILES string of the molecule is O=C(CN1CCN(C[C@@H](O)COc2ccc3oc(-c4ccccc4)nc3c2)CC1)N[C@@H]1CCCc2ccccc21. The highest BCUT2D eigenvalue weighted by Gasteiger charge is 2.24. The van der Waals surface area contributed by atoms with Crippen LogP contribution in [-0.4, -0.2) is 77.8 Å². The molecule has 0 bridgehead atoms. The topological polar surface area (TPSA) is 91.1 Å². The van der Waals surface area contributed by atoms with Crippen molar-refractivity contribution in [2.24, 2.45) is 0 Å². The summed E-state index contributed by atoms with van der Waals surface area (Å²) in [5.74, 6) is 1.31. The van der Waals surface area contributed by atoms with E-state index in [1.807, 2.05) is 48.5 Å². The Kier molecular flexibility index (Phi) is 8.09. The molecule has 6 rings (SSSR count). The number of β-amino-alcohol motifs (C(OH)–C–C–N with tert-alkyl or cyclic N) is 1. The molecule has 0 unspecified atom stereocenters. The zero-order valence-corrected chi connectivity index (χ0v) is 22.7. The summed E-state index contributed by atoms with van der Waals surface area (Å²) in [6.07, 6.45) is 2.58. The number of nitrogens with zero attached hydrogens (tertiary/aromatic N) is 3. The number of hydrogen-bond acceptors (Lipinski definition) is 7. The summed E-state index contributed by atoms with van der Waals surface area (Å²) in [5, 5.41) is 13.9. The van der Waals surface area contributed by atoms with E-state index in [2.05, 4.69) is 44.4 Å². The number of piperazine rings is 1. The highest BCUT2D eigenvalue weighted by Crippen LogP contribution is 2.29. The van der Waals surface area contributed by atoms with Crippen LogP contribution in [0.1, 0.15) is 30.0 Å². The minimum Gasteiger partial charge on any atom is -0.491 e. The molecular weight excluding hydrogens is 504 g/mol. The smallest absolute Gasteiger partial charge is 0.234 e. The molecule has 208 valence electrons. The second kappa shape index (κ2) is 12.2. The third kappa shape index (κ3) is 6.36. The summed E-state index contributed by atoms with van der Waals surface area (Å²) < 4.78 is 11.7. The Hall–Kier alpha value is -3.72. The van der Waals surface area contributed by atoms with E-state index in [1.54, 1.807) is 0 Å². The van der Waals surface area contributed by atoms with Crippen LogP contribution >= 0.6 is 0 Å². The summed E-state index contributed by atoms with van der Waals surface area (Å²) in [6, 6.07) is 23.9. The van der Waals surface area contributed by atoms with Crippen LogP contribution in [0.3, 0.4) is 0 Å². The first-order chi connectivity index (χ1) is 19.6. The number of rotatable bonds is 9. The summed E-state index contributed by atoms with van der Waals surface area (Å²) >= 11 is 0. The van der Waals surface area contributed by atoms with Gasteiger partial charge in [0.15, 0.2) is 5.58 Å². The first-order valence-electron chi connectivity index (χ1n) is 14.2. The van der Waals surface area contributed by atoms with Crippen LogP contribution in [0.2, 0.25) is 0 Å². The van der Waals surface area contributed by atoms with E-state index in [1.165, 1.54) is 11.1 Å². The van der Waals surface area contributed by atoms with Crippen molar-refractivity contribution in [2.75, 3.05) is 45.9 Å². The molecule has 0 radical (unpaired) electrons. The second-order valence-electron chi connectivity index (χ2n) is 10.8. The van der Waals surface area contributed by atoms with E-state index in [-0.39, 0.29) is 18.6 Å². The minimum atomic E-state index is -0.617. The van der Waals surface area contributed by atoms with Gasteiger partial charge in [-0.1, -0.05) is 42.5 Å². The molecule has 1 saturated heterocycles. The van der Waals surface area contributed by atoms with Crippen LogP contribution in [0, 0.1) is 0 Å². The van der Waals surface area contributed by atoms with Gasteiger partial charge in [-0.2, -0.15) is 0 Å². The summed E-state index contributed by atoms with van der Waals surface area (Å²) in [6.45, 7) is 4.36. The molecule has 2 N–H and O–H groups in total. The molecule has 2 heterocycles. The van der Waals surface area contributed by atoms with Crippen LogP contribution in [0.5, 0.6) is 5.75 Å². The fourth-order valence-electron chi connectivity index (χ4n) is 5.72. The number of oxazole rings is 1. The van der Waals surface area contributed by atoms with Crippen molar-refractivity contribution in [2.45, 2.75) is 31.4 Å². The molecule has 0 spiro atoms. The molecule has 4 aromatic rings. The largest absolute Gasteiger partial charge is 0.491 e. The van der Waals surface area contributed by atoms with Crippen LogP contribution in [0.15, 0.2) is 77.2 Å². The van der Waals surface area contributed by atoms with Gasteiger partial charge in [0.25, 0.3) is 0 Å². The lowest BCUT2D eigenvalue weighted by Gasteiger charge is -2.35. The van der Waals surface area contributed by atoms with Gasteiger partial charge in [-0.05, 0) is 54.7 Å². The Morgan fingerprint density at radius 1 is 1.02 bits per heavy atom. The summed E-state index contributed by atoms with van der Waals surface area (Å²) in [4.78, 5) is 21.8. The average Bonchev–Trinajstić information content (AvgIpc) is 3.41. The predicted octanol–water partition coefficient (Wildman–Crippen LogP) is 4.05. The number of carbonyl (C=O) groups is 1. The van der Waals surface area contributed by atoms with Gasteiger partial charge in [-0.15, -0.1) is 0 Å². The van der Waals surface area contributed by atoms with Gasteiger partial charge in [0.2, 0.25) is 11.8 Å². The van der Waals surface area contributed by atoms with Crippen molar-refractivity contribution in [3.8, 4) is 17.2 Å². The average molecular weight is 541 g/mol. The van der Waals surface area contributed by atoms with E-state index in [0.717, 1.165) is 56.5 Å². The molecule has 0 saturated carbocycles. The lowest BCUT2D eigenvalue weighted by molar-refractivity contribution is -0.123. The van der Waals surface area contributed by atoms with Crippen molar-refractivity contribution in [1.82, 2.24) is 20.1 Å². The van der Waals surface area contributed by atoms with Crippen LogP contribution < -0.4 is 10.1 Å². The highest BCUT2D eigenvalue weighted by atomic mass is 16.5. The Balaban J connectivity index is 0.932. The molecule has 8 nitrogen and oxygen atoms in total. The fraction of sp³-hybridized carbons (Fsp3) is 0.375. The van der Waals surface area contributed by atoms with Crippen molar-refractivity contribution in [3.63, 3.8) is 0 Å². The first kappa shape index (κ1) is 26.5. The van der Waals surface area contributed by atoms with Gasteiger partial charge in [-0.25, -0.2) is 4.98 Å². The number of ether oxygens (including phenoxy) is 1. The third-order valence-corrected chi connectivity index (χ3v) is 7.83. The first-order valence-corrected chi connectivity index (χ1v) is 14.2. The maximum Gasteiger partial charge on any atom is 0.234 e. The predicted molar refractivity (Wildman–Crippen MR) is 154 cm³/mol. The molecule has 40 heavy (non-hydrogen) atoms. The monoisotopic (exact) mass is 540 g/mol. The number of aliphatic hydroxyl groups excluding tert-OH is 1. The highest BCUT2D eigenvalue weighted by molar-refractivity contribution is 5.79. The van der Waals surface area contributed by atoms with Gasteiger partial charge < -0.3 is 19.6 Å². The zero-order chi connectivity index (χ0) is 27.3. The van der Waals surface area contributed by atoms with Crippen LogP contribution in [0.25, 0.3) is 22.6 Å². The minimum absolute atomic E-state index is 0.0866. The summed E-state index contributed by atoms with van der Waals surface area (Å²) in [7, 11) is 0. The van der Waals surface area contributed by atoms with E-state index >= 15 is 0 Å². The normalized spacial score (nSPS) is 18.8. The second-order valence-corrected chi connectivity index (χ2v) is 10.8. The van der Waals surface area contributed by atoms with Gasteiger partial charge in [0.05, 0.1) is 12.6 Å². The number of carbonyl (C=O) groups excluding carboxylic acids is 1. The molecule has 1 aromatic heterocycles. The fourth-order valence-corrected chi connectivity index (χ4v) is 5.72. The number of nitrogens with one attached hydrogen (secondary N) is 1. The standard InChI is InChI=1S/C32H36N4O4/c37-25(22-39-26-13-14-30-29(19-26)34-32(40-30)24-8-2-1-3-9-24)20-35-15-17-36(18-16-35)21-31(38)33-28-12-6-10-23-7-4-5-11-27(23)28/h1-5,7-9,11,13-14,19,25,28,37H,6,10,12,15-18,20-22H2,(H,33,38)/t25-,28-/m1/s1. The molecule has 1 aliphatic heterocycles. The van der Waals surface area contributed by atoms with Crippen molar-refractivity contribution in [1.29, 1.82) is 0 Å². The van der Waals surface area contributed by atoms with Gasteiger partial charge >= 0.3 is 0 Å². The van der Waals surface area contributed by atoms with Crippen molar-refractivity contribution < 1.29 is 19.1 Å². The van der Waals surface area contributed by atoms with Gasteiger partial charge in [0.1, 0.15) is 24.0 Å². The molecule has 1 amide bonds. The van der Waals surface area contributed by atoms with Crippen LogP contribution in [-0.2, 0) is 11.2 Å². The number of fused-ring (bicyclic) bond motifs is 2. The lowest BCUT2D eigenvalue weighted by atomic mass is 9.88. The van der Waals surface area contributed by atoms with Crippen LogP contribution in [0.4, 0.5) is 0 Å². The Morgan fingerprint density at radius 3 is 2.65 bits per heavy atom. The Morgan fingerprint density at radius 2 is 1.80 bits per heavy atom. The van der Waals surface area contributed by atoms with E-state index in [4.69, 9.17) is 9.15 Å². The number of hydrogen-bond donors (Lipinski definition) is 2. The molecule has 1 fully saturated rings. The molecule has 3 aromatic carbocycles. The lowest BCUT2D eigenvalue weighted by Crippen LogP contribution is -2.51. The Bertz CT molecular complexity index is 1430. The molecular formula is C32H36N4O4. The summed E-state index contributed by atoms with van der Waals surface area (Å²) in [5.41, 5.74) is 4.96. The van der Waals surface area contributed by atoms with Gasteiger partial charge in [0, 0.05) is 44.4 Å². The third-order valence-electron chi connectivity index (χ3n) is 7.83. The molecule has 2 aliphatic rings. The van der Waals surface area contributed by atoms with E-state index in [9.17, 15) is 9.90 Å². The number of aromatic nitrogens is 1. The van der Waals surface area contributed by atoms with Crippen molar-refractivity contribution in [3.05, 3.63) is 83.9 Å². The number of aliphatic hydroxyl groups is 1. The van der Waals surface area contributed by atoms with Gasteiger partial charge in [-0.3, -0.25) is 14.6 Å². The van der Waals surface area contributed by atoms with E-state index < -0.39 is 6.10 Å². The Labute approximate surface area is 234 Å². The maximum atomic E-state index is 12.8. The molecule has 1 aliphatic carbocycles. The van der Waals surface area contributed by atoms with Crippen molar-refractivity contribution >= 4 is 17.0 Å². The number of aryl methyl sites for hydroxylation is 1. The number of benzene rings is 3. The molecule has 8 heteroatoms.